The van der Waals surface area contributed by atoms with Gasteiger partial charge in [-0.3, -0.25) is 4.79 Å². The highest BCUT2D eigenvalue weighted by molar-refractivity contribution is 6.06. The van der Waals surface area contributed by atoms with E-state index in [2.05, 4.69) is 46.3 Å². The Bertz CT molecular complexity index is 1170. The Labute approximate surface area is 189 Å². The number of aromatic nitrogens is 2. The van der Waals surface area contributed by atoms with E-state index in [1.54, 1.807) is 30.5 Å². The van der Waals surface area contributed by atoms with Crippen molar-refractivity contribution in [3.63, 3.8) is 0 Å². The first-order valence-electron chi connectivity index (χ1n) is 10.3. The van der Waals surface area contributed by atoms with E-state index in [1.165, 1.54) is 5.56 Å². The number of fused-ring (bicyclic) bond motifs is 1. The summed E-state index contributed by atoms with van der Waals surface area (Å²) in [6.07, 6.45) is 6.06. The number of hydrogen-bond donors (Lipinski definition) is 2. The highest BCUT2D eigenvalue weighted by atomic mass is 35.5. The van der Waals surface area contributed by atoms with Crippen LogP contribution < -0.4 is 10.6 Å². The summed E-state index contributed by atoms with van der Waals surface area (Å²) in [5.41, 5.74) is 4.99. The number of halogens is 1. The minimum Gasteiger partial charge on any atom is -0.335 e. The van der Waals surface area contributed by atoms with Crippen molar-refractivity contribution >= 4 is 35.0 Å². The van der Waals surface area contributed by atoms with Crippen LogP contribution in [0.15, 0.2) is 36.7 Å². The van der Waals surface area contributed by atoms with Gasteiger partial charge in [0.2, 0.25) is 0 Å². The number of nitrogens with zero attached hydrogens (tertiary/aromatic N) is 3. The Balaban J connectivity index is 0.00000272. The molecule has 2 N–H and O–H groups in total. The van der Waals surface area contributed by atoms with Crippen LogP contribution >= 0.6 is 12.4 Å². The molecule has 0 aliphatic carbocycles. The van der Waals surface area contributed by atoms with Crippen LogP contribution in [-0.4, -0.2) is 27.5 Å². The molecule has 1 amide bonds. The monoisotopic (exact) mass is 437 g/mol. The maximum absolute atomic E-state index is 12.8. The number of benzene rings is 1. The number of nitriles is 1. The third-order valence-corrected chi connectivity index (χ3v) is 6.07. The molecule has 1 atom stereocenters. The molecule has 7 heteroatoms. The minimum atomic E-state index is -0.239. The van der Waals surface area contributed by atoms with Crippen molar-refractivity contribution in [2.75, 3.05) is 11.9 Å². The van der Waals surface area contributed by atoms with Crippen molar-refractivity contribution in [1.82, 2.24) is 14.9 Å². The molecule has 3 aromatic rings. The molecule has 0 saturated carbocycles. The van der Waals surface area contributed by atoms with E-state index in [1.807, 2.05) is 14.0 Å². The Kier molecular flexibility index (Phi) is 6.40. The molecule has 1 aliphatic heterocycles. The highest BCUT2D eigenvalue weighted by Gasteiger charge is 2.31. The predicted molar refractivity (Wildman–Crippen MR) is 126 cm³/mol. The van der Waals surface area contributed by atoms with E-state index in [9.17, 15) is 4.79 Å². The molecule has 0 radical (unpaired) electrons. The fourth-order valence-corrected chi connectivity index (χ4v) is 4.54. The van der Waals surface area contributed by atoms with Gasteiger partial charge in [-0.05, 0) is 75.4 Å². The lowest BCUT2D eigenvalue weighted by atomic mass is 9.80. The molecule has 2 aromatic heterocycles. The van der Waals surface area contributed by atoms with Crippen molar-refractivity contribution in [3.05, 3.63) is 58.9 Å². The van der Waals surface area contributed by atoms with E-state index in [4.69, 9.17) is 5.26 Å². The molecule has 31 heavy (non-hydrogen) atoms. The first-order valence-corrected chi connectivity index (χ1v) is 10.3. The zero-order chi connectivity index (χ0) is 21.5. The summed E-state index contributed by atoms with van der Waals surface area (Å²) in [5.74, 6) is 0.209. The fraction of sp³-hybridized carbons (Fsp3) is 0.375. The number of pyridine rings is 1. The molecule has 1 aliphatic rings. The average Bonchev–Trinajstić information content (AvgIpc) is 3.06. The number of hydrogen-bond acceptors (Lipinski definition) is 4. The number of carbonyl (C=O) groups excluding carboxylic acids is 1. The molecular weight excluding hydrogens is 410 g/mol. The lowest BCUT2D eigenvalue weighted by Crippen LogP contribution is -2.45. The Morgan fingerprint density at radius 3 is 2.87 bits per heavy atom. The zero-order valence-corrected chi connectivity index (χ0v) is 19.1. The van der Waals surface area contributed by atoms with Crippen LogP contribution in [0.1, 0.15) is 59.7 Å². The Morgan fingerprint density at radius 1 is 1.39 bits per heavy atom. The summed E-state index contributed by atoms with van der Waals surface area (Å²) >= 11 is 0. The molecule has 1 saturated heterocycles. The van der Waals surface area contributed by atoms with Gasteiger partial charge in [0.25, 0.3) is 5.91 Å². The molecule has 6 nitrogen and oxygen atoms in total. The molecule has 1 aromatic carbocycles. The van der Waals surface area contributed by atoms with Crippen LogP contribution in [0.3, 0.4) is 0 Å². The number of piperidine rings is 1. The number of rotatable bonds is 3. The summed E-state index contributed by atoms with van der Waals surface area (Å²) in [6.45, 7) is 7.53. The van der Waals surface area contributed by atoms with Crippen molar-refractivity contribution < 1.29 is 4.79 Å². The quantitative estimate of drug-likeness (QED) is 0.623. The highest BCUT2D eigenvalue weighted by Crippen LogP contribution is 2.39. The Hall–Kier alpha value is -2.88. The van der Waals surface area contributed by atoms with E-state index < -0.39 is 0 Å². The number of aryl methyl sites for hydroxylation is 2. The van der Waals surface area contributed by atoms with Crippen LogP contribution in [0, 0.1) is 18.3 Å². The first-order chi connectivity index (χ1) is 14.3. The molecule has 4 rings (SSSR count). The van der Waals surface area contributed by atoms with Gasteiger partial charge in [-0.25, -0.2) is 4.98 Å². The maximum atomic E-state index is 12.8. The van der Waals surface area contributed by atoms with Crippen LogP contribution in [0.25, 0.3) is 11.0 Å². The summed E-state index contributed by atoms with van der Waals surface area (Å²) in [5, 5.41) is 16.8. The van der Waals surface area contributed by atoms with Crippen molar-refractivity contribution in [3.8, 4) is 6.07 Å². The SMILES string of the molecule is Cc1c(NC(=O)c2cccc(C#N)c2)cnc2c1c(C1CCNC(C)(C)C1)cn2C.Cl. The maximum Gasteiger partial charge on any atom is 0.255 e. The van der Waals surface area contributed by atoms with Gasteiger partial charge in [0.1, 0.15) is 5.65 Å². The number of amides is 1. The second-order valence-electron chi connectivity index (χ2n) is 8.84. The molecular formula is C24H28ClN5O. The molecule has 0 bridgehead atoms. The number of carbonyl (C=O) groups is 1. The lowest BCUT2D eigenvalue weighted by Gasteiger charge is -2.36. The van der Waals surface area contributed by atoms with E-state index >= 15 is 0 Å². The second kappa shape index (κ2) is 8.70. The molecule has 162 valence electrons. The van der Waals surface area contributed by atoms with Crippen molar-refractivity contribution in [2.24, 2.45) is 7.05 Å². The normalized spacial score (nSPS) is 17.6. The topological polar surface area (TPSA) is 82.7 Å². The van der Waals surface area contributed by atoms with Gasteiger partial charge in [0.15, 0.2) is 0 Å². The van der Waals surface area contributed by atoms with Crippen molar-refractivity contribution in [1.29, 1.82) is 5.26 Å². The Morgan fingerprint density at radius 2 is 2.16 bits per heavy atom. The zero-order valence-electron chi connectivity index (χ0n) is 18.3. The third-order valence-electron chi connectivity index (χ3n) is 6.07. The minimum absolute atomic E-state index is 0. The second-order valence-corrected chi connectivity index (χ2v) is 8.84. The molecule has 0 spiro atoms. The van der Waals surface area contributed by atoms with Gasteiger partial charge in [-0.1, -0.05) is 6.07 Å². The van der Waals surface area contributed by atoms with Gasteiger partial charge in [-0.15, -0.1) is 12.4 Å². The van der Waals surface area contributed by atoms with E-state index in [-0.39, 0.29) is 23.9 Å². The van der Waals surface area contributed by atoms with E-state index in [0.29, 0.717) is 22.7 Å². The smallest absolute Gasteiger partial charge is 0.255 e. The summed E-state index contributed by atoms with van der Waals surface area (Å²) in [6, 6.07) is 8.79. The standard InChI is InChI=1S/C24H27N5O.ClH/c1-15-20(28-23(30)17-7-5-6-16(10-17)12-25)13-26-22-21(15)19(14-29(22)4)18-8-9-27-24(2,3)11-18;/h5-7,10,13-14,18,27H,8-9,11H2,1-4H3,(H,28,30);1H. The van der Waals surface area contributed by atoms with Gasteiger partial charge < -0.3 is 15.2 Å². The van der Waals surface area contributed by atoms with Gasteiger partial charge in [0, 0.05) is 29.7 Å². The van der Waals surface area contributed by atoms with Gasteiger partial charge >= 0.3 is 0 Å². The summed E-state index contributed by atoms with van der Waals surface area (Å²) < 4.78 is 2.08. The van der Waals surface area contributed by atoms with Crippen LogP contribution in [0.2, 0.25) is 0 Å². The molecule has 1 fully saturated rings. The first kappa shape index (κ1) is 22.8. The van der Waals surface area contributed by atoms with Crippen LogP contribution in [-0.2, 0) is 7.05 Å². The van der Waals surface area contributed by atoms with Crippen LogP contribution in [0.5, 0.6) is 0 Å². The lowest BCUT2D eigenvalue weighted by molar-refractivity contribution is 0.102. The van der Waals surface area contributed by atoms with Gasteiger partial charge in [0.05, 0.1) is 23.5 Å². The number of anilines is 1. The largest absolute Gasteiger partial charge is 0.335 e. The predicted octanol–water partition coefficient (Wildman–Crippen LogP) is 4.67. The fourth-order valence-electron chi connectivity index (χ4n) is 4.54. The van der Waals surface area contributed by atoms with Gasteiger partial charge in [-0.2, -0.15) is 5.26 Å². The summed E-state index contributed by atoms with van der Waals surface area (Å²) in [4.78, 5) is 17.4. The average molecular weight is 438 g/mol. The van der Waals surface area contributed by atoms with E-state index in [0.717, 1.165) is 36.0 Å². The molecule has 3 heterocycles. The van der Waals surface area contributed by atoms with Crippen molar-refractivity contribution in [2.45, 2.75) is 45.1 Å². The summed E-state index contributed by atoms with van der Waals surface area (Å²) in [7, 11) is 2.02. The molecule has 1 unspecified atom stereocenters. The van der Waals surface area contributed by atoms with Crippen LogP contribution in [0.4, 0.5) is 5.69 Å². The third kappa shape index (κ3) is 4.43. The number of nitrogens with one attached hydrogen (secondary N) is 2.